The lowest BCUT2D eigenvalue weighted by Gasteiger charge is -2.17. The van der Waals surface area contributed by atoms with E-state index in [1.807, 2.05) is 50.4 Å². The number of hydrogen-bond donors (Lipinski definition) is 0. The second-order valence-corrected chi connectivity index (χ2v) is 9.11. The van der Waals surface area contributed by atoms with Gasteiger partial charge in [0.25, 0.3) is 5.56 Å². The van der Waals surface area contributed by atoms with E-state index in [4.69, 9.17) is 14.5 Å². The van der Waals surface area contributed by atoms with Crippen molar-refractivity contribution in [2.75, 3.05) is 7.11 Å². The number of pyridine rings is 1. The zero-order valence-electron chi connectivity index (χ0n) is 21.8. The molecule has 0 spiro atoms. The van der Waals surface area contributed by atoms with Gasteiger partial charge in [0.2, 0.25) is 11.8 Å². The van der Waals surface area contributed by atoms with Crippen LogP contribution in [0.2, 0.25) is 0 Å². The average molecular weight is 486 g/mol. The molecule has 0 atom stereocenters. The zero-order valence-corrected chi connectivity index (χ0v) is 21.8. The quantitative estimate of drug-likeness (QED) is 0.362. The molecule has 36 heavy (non-hydrogen) atoms. The van der Waals surface area contributed by atoms with Gasteiger partial charge >= 0.3 is 0 Å². The van der Waals surface area contributed by atoms with Gasteiger partial charge in [-0.15, -0.1) is 0 Å². The Labute approximate surface area is 211 Å². The zero-order chi connectivity index (χ0) is 26.0. The van der Waals surface area contributed by atoms with Crippen molar-refractivity contribution in [1.82, 2.24) is 24.5 Å². The fourth-order valence-corrected chi connectivity index (χ4v) is 3.93. The lowest BCUT2D eigenvalue weighted by atomic mass is 10.0. The van der Waals surface area contributed by atoms with Crippen LogP contribution in [0.5, 0.6) is 11.8 Å². The molecule has 0 saturated carbocycles. The lowest BCUT2D eigenvalue weighted by molar-refractivity contribution is 0.282. The molecule has 0 radical (unpaired) electrons. The molecule has 8 heteroatoms. The number of aromatic nitrogens is 5. The maximum absolute atomic E-state index is 13.5. The number of methoxy groups -OCH3 is 1. The van der Waals surface area contributed by atoms with Gasteiger partial charge in [-0.05, 0) is 51.0 Å². The van der Waals surface area contributed by atoms with E-state index in [1.54, 1.807) is 31.6 Å². The van der Waals surface area contributed by atoms with E-state index in [2.05, 4.69) is 28.8 Å². The van der Waals surface area contributed by atoms with Crippen LogP contribution in [0.1, 0.15) is 53.8 Å². The molecule has 0 bridgehead atoms. The van der Waals surface area contributed by atoms with Gasteiger partial charge in [-0.25, -0.2) is 15.0 Å². The van der Waals surface area contributed by atoms with Crippen LogP contribution >= 0.6 is 0 Å². The van der Waals surface area contributed by atoms with Crippen molar-refractivity contribution >= 4 is 0 Å². The molecule has 0 aliphatic heterocycles. The first-order chi connectivity index (χ1) is 17.2. The minimum atomic E-state index is -0.182. The number of rotatable bonds is 7. The highest BCUT2D eigenvalue weighted by molar-refractivity contribution is 5.66. The van der Waals surface area contributed by atoms with E-state index < -0.39 is 0 Å². The van der Waals surface area contributed by atoms with Crippen molar-refractivity contribution in [3.05, 3.63) is 87.0 Å². The molecule has 0 unspecified atom stereocenters. The van der Waals surface area contributed by atoms with Crippen molar-refractivity contribution in [2.45, 2.75) is 54.1 Å². The van der Waals surface area contributed by atoms with E-state index >= 15 is 0 Å². The van der Waals surface area contributed by atoms with E-state index in [0.29, 0.717) is 28.8 Å². The summed E-state index contributed by atoms with van der Waals surface area (Å²) >= 11 is 0. The largest absolute Gasteiger partial charge is 0.481 e. The number of ether oxygens (including phenoxy) is 2. The maximum Gasteiger partial charge on any atom is 0.264 e. The molecule has 186 valence electrons. The third kappa shape index (κ3) is 4.98. The first-order valence-electron chi connectivity index (χ1n) is 11.9. The summed E-state index contributed by atoms with van der Waals surface area (Å²) in [7, 11) is 1.56. The van der Waals surface area contributed by atoms with Crippen molar-refractivity contribution < 1.29 is 9.47 Å². The summed E-state index contributed by atoms with van der Waals surface area (Å²) in [6, 6.07) is 11.5. The van der Waals surface area contributed by atoms with Crippen molar-refractivity contribution in [2.24, 2.45) is 0 Å². The Morgan fingerprint density at radius 2 is 1.75 bits per heavy atom. The van der Waals surface area contributed by atoms with Crippen molar-refractivity contribution in [3.63, 3.8) is 0 Å². The molecule has 0 aliphatic carbocycles. The van der Waals surface area contributed by atoms with Crippen LogP contribution in [-0.4, -0.2) is 31.6 Å². The van der Waals surface area contributed by atoms with Gasteiger partial charge < -0.3 is 9.47 Å². The van der Waals surface area contributed by atoms with E-state index in [1.165, 1.54) is 0 Å². The average Bonchev–Trinajstić information content (AvgIpc) is 2.87. The minimum absolute atomic E-state index is 0.174. The fraction of sp³-hybridized carbons (Fsp3) is 0.321. The molecular weight excluding hydrogens is 454 g/mol. The predicted octanol–water partition coefficient (Wildman–Crippen LogP) is 5.03. The SMILES string of the molecule is COc1cccc(COc2nc(C)n(-c3cc(-c4nc(C(C)C)ncc4C)ccc3C)c(=O)c2C)n1. The standard InChI is InChI=1S/C28H31N5O3/c1-16(2)26-29-14-18(4)25(32-26)21-12-11-17(3)23(13-21)33-20(6)30-27(19(5)28(33)34)36-15-22-9-8-10-24(31-22)35-7/h8-14,16H,15H2,1-7H3. The Morgan fingerprint density at radius 1 is 0.972 bits per heavy atom. The Morgan fingerprint density at radius 3 is 2.47 bits per heavy atom. The van der Waals surface area contributed by atoms with Crippen LogP contribution < -0.4 is 15.0 Å². The molecule has 4 rings (SSSR count). The molecule has 1 aromatic carbocycles. The summed E-state index contributed by atoms with van der Waals surface area (Å²) in [5.41, 5.74) is 5.39. The van der Waals surface area contributed by atoms with E-state index in [9.17, 15) is 4.79 Å². The van der Waals surface area contributed by atoms with Crippen LogP contribution in [0.3, 0.4) is 0 Å². The number of aryl methyl sites for hydroxylation is 3. The monoisotopic (exact) mass is 485 g/mol. The first kappa shape index (κ1) is 25.0. The molecule has 0 saturated heterocycles. The normalized spacial score (nSPS) is 11.1. The third-order valence-corrected chi connectivity index (χ3v) is 6.01. The molecule has 4 aromatic rings. The summed E-state index contributed by atoms with van der Waals surface area (Å²) in [4.78, 5) is 31.7. The summed E-state index contributed by atoms with van der Waals surface area (Å²) in [6.07, 6.45) is 1.85. The second kappa shape index (κ2) is 10.3. The minimum Gasteiger partial charge on any atom is -0.481 e. The van der Waals surface area contributed by atoms with Gasteiger partial charge in [-0.1, -0.05) is 32.0 Å². The highest BCUT2D eigenvalue weighted by atomic mass is 16.5. The van der Waals surface area contributed by atoms with Gasteiger partial charge in [-0.3, -0.25) is 9.36 Å². The van der Waals surface area contributed by atoms with Crippen LogP contribution in [0.4, 0.5) is 0 Å². The van der Waals surface area contributed by atoms with Crippen LogP contribution in [-0.2, 0) is 6.61 Å². The van der Waals surface area contributed by atoms with E-state index in [-0.39, 0.29) is 18.1 Å². The predicted molar refractivity (Wildman–Crippen MR) is 139 cm³/mol. The first-order valence-corrected chi connectivity index (χ1v) is 11.9. The maximum atomic E-state index is 13.5. The van der Waals surface area contributed by atoms with Crippen LogP contribution in [0, 0.1) is 27.7 Å². The summed E-state index contributed by atoms with van der Waals surface area (Å²) in [5.74, 6) is 2.32. The highest BCUT2D eigenvalue weighted by Crippen LogP contribution is 2.27. The summed E-state index contributed by atoms with van der Waals surface area (Å²) < 4.78 is 12.7. The Bertz CT molecular complexity index is 1480. The third-order valence-electron chi connectivity index (χ3n) is 6.01. The van der Waals surface area contributed by atoms with E-state index in [0.717, 1.165) is 33.9 Å². The van der Waals surface area contributed by atoms with Gasteiger partial charge in [0, 0.05) is 23.7 Å². The van der Waals surface area contributed by atoms with Gasteiger partial charge in [0.15, 0.2) is 0 Å². The van der Waals surface area contributed by atoms with Gasteiger partial charge in [0.1, 0.15) is 18.3 Å². The number of nitrogens with zero attached hydrogens (tertiary/aromatic N) is 5. The summed E-state index contributed by atoms with van der Waals surface area (Å²) in [5, 5.41) is 0. The van der Waals surface area contributed by atoms with Crippen LogP contribution in [0.25, 0.3) is 16.9 Å². The molecule has 0 fully saturated rings. The molecular formula is C28H31N5O3. The number of hydrogen-bond acceptors (Lipinski definition) is 7. The summed E-state index contributed by atoms with van der Waals surface area (Å²) in [6.45, 7) is 11.8. The van der Waals surface area contributed by atoms with Gasteiger partial charge in [0.05, 0.1) is 29.7 Å². The van der Waals surface area contributed by atoms with Crippen molar-refractivity contribution in [3.8, 4) is 28.7 Å². The van der Waals surface area contributed by atoms with Crippen LogP contribution in [0.15, 0.2) is 47.4 Å². The second-order valence-electron chi connectivity index (χ2n) is 9.11. The number of benzene rings is 1. The molecule has 3 aromatic heterocycles. The molecule has 8 nitrogen and oxygen atoms in total. The molecule has 3 heterocycles. The highest BCUT2D eigenvalue weighted by Gasteiger charge is 2.17. The molecule has 0 amide bonds. The smallest absolute Gasteiger partial charge is 0.264 e. The Kier molecular flexibility index (Phi) is 7.15. The fourth-order valence-electron chi connectivity index (χ4n) is 3.93. The van der Waals surface area contributed by atoms with Crippen molar-refractivity contribution in [1.29, 1.82) is 0 Å². The lowest BCUT2D eigenvalue weighted by Crippen LogP contribution is -2.26. The molecule has 0 N–H and O–H groups in total. The Hall–Kier alpha value is -4.07. The topological polar surface area (TPSA) is 92.0 Å². The Balaban J connectivity index is 1.73. The molecule has 0 aliphatic rings. The van der Waals surface area contributed by atoms with Gasteiger partial charge in [-0.2, -0.15) is 4.98 Å².